The number of hydrogen-bond acceptors (Lipinski definition) is 4. The van der Waals surface area contributed by atoms with Gasteiger partial charge in [-0.2, -0.15) is 0 Å². The molecular formula is C12H16N4O2. The standard InChI is InChI=1S/C12H16N4O2/c1-10-14-15-12(18-10)9-13-11(17)5-4-8-16-6-2-3-7-16/h2-3,6-7H,4-5,8-9H2,1H3,(H,13,17). The number of amides is 1. The van der Waals surface area contributed by atoms with E-state index in [4.69, 9.17) is 4.42 Å². The topological polar surface area (TPSA) is 73.0 Å². The minimum atomic E-state index is -0.00184. The highest BCUT2D eigenvalue weighted by molar-refractivity contribution is 5.75. The Hall–Kier alpha value is -2.11. The van der Waals surface area contributed by atoms with Crippen LogP contribution in [0.4, 0.5) is 0 Å². The Bertz CT molecular complexity index is 490. The van der Waals surface area contributed by atoms with E-state index in [2.05, 4.69) is 20.1 Å². The Kier molecular flexibility index (Phi) is 4.11. The van der Waals surface area contributed by atoms with Gasteiger partial charge in [-0.15, -0.1) is 10.2 Å². The molecule has 0 aliphatic carbocycles. The van der Waals surface area contributed by atoms with Crippen molar-refractivity contribution < 1.29 is 9.21 Å². The Balaban J connectivity index is 1.63. The smallest absolute Gasteiger partial charge is 0.235 e. The minimum Gasteiger partial charge on any atom is -0.424 e. The second-order valence-corrected chi connectivity index (χ2v) is 4.02. The predicted molar refractivity (Wildman–Crippen MR) is 64.5 cm³/mol. The second kappa shape index (κ2) is 6.00. The van der Waals surface area contributed by atoms with Gasteiger partial charge in [-0.3, -0.25) is 4.79 Å². The van der Waals surface area contributed by atoms with Crippen molar-refractivity contribution in [2.75, 3.05) is 0 Å². The maximum atomic E-state index is 11.5. The summed E-state index contributed by atoms with van der Waals surface area (Å²) in [6, 6.07) is 3.94. The van der Waals surface area contributed by atoms with Crippen molar-refractivity contribution in [1.29, 1.82) is 0 Å². The Morgan fingerprint density at radius 3 is 2.83 bits per heavy atom. The van der Waals surface area contributed by atoms with Crippen molar-refractivity contribution in [3.63, 3.8) is 0 Å². The molecule has 0 aliphatic heterocycles. The molecule has 2 rings (SSSR count). The third kappa shape index (κ3) is 3.73. The molecular weight excluding hydrogens is 232 g/mol. The Labute approximate surface area is 105 Å². The largest absolute Gasteiger partial charge is 0.424 e. The fourth-order valence-electron chi connectivity index (χ4n) is 1.61. The van der Waals surface area contributed by atoms with Gasteiger partial charge in [0.1, 0.15) is 0 Å². The molecule has 0 radical (unpaired) electrons. The quantitative estimate of drug-likeness (QED) is 0.835. The van der Waals surface area contributed by atoms with E-state index < -0.39 is 0 Å². The number of aromatic nitrogens is 3. The van der Waals surface area contributed by atoms with Crippen LogP contribution in [0.3, 0.4) is 0 Å². The van der Waals surface area contributed by atoms with E-state index in [1.165, 1.54) is 0 Å². The lowest BCUT2D eigenvalue weighted by Crippen LogP contribution is -2.22. The normalized spacial score (nSPS) is 10.5. The zero-order chi connectivity index (χ0) is 12.8. The molecule has 96 valence electrons. The van der Waals surface area contributed by atoms with Gasteiger partial charge in [0.2, 0.25) is 17.7 Å². The summed E-state index contributed by atoms with van der Waals surface area (Å²) in [5.41, 5.74) is 0. The Morgan fingerprint density at radius 2 is 2.17 bits per heavy atom. The van der Waals surface area contributed by atoms with Crippen molar-refractivity contribution in [2.24, 2.45) is 0 Å². The zero-order valence-electron chi connectivity index (χ0n) is 10.3. The molecule has 0 bridgehead atoms. The summed E-state index contributed by atoms with van der Waals surface area (Å²) in [6.45, 7) is 2.86. The summed E-state index contributed by atoms with van der Waals surface area (Å²) in [5, 5.41) is 10.2. The molecule has 2 heterocycles. The van der Waals surface area contributed by atoms with E-state index >= 15 is 0 Å². The van der Waals surface area contributed by atoms with Gasteiger partial charge in [0, 0.05) is 32.3 Å². The first-order chi connectivity index (χ1) is 8.74. The zero-order valence-corrected chi connectivity index (χ0v) is 10.3. The number of carbonyl (C=O) groups excluding carboxylic acids is 1. The molecule has 18 heavy (non-hydrogen) atoms. The fraction of sp³-hybridized carbons (Fsp3) is 0.417. The van der Waals surface area contributed by atoms with Gasteiger partial charge in [-0.1, -0.05) is 0 Å². The third-order valence-electron chi connectivity index (χ3n) is 2.49. The molecule has 0 unspecified atom stereocenters. The van der Waals surface area contributed by atoms with Gasteiger partial charge in [0.15, 0.2) is 0 Å². The minimum absolute atomic E-state index is 0.00184. The van der Waals surface area contributed by atoms with Crippen LogP contribution in [0.5, 0.6) is 0 Å². The summed E-state index contributed by atoms with van der Waals surface area (Å²) in [7, 11) is 0. The van der Waals surface area contributed by atoms with Crippen molar-refractivity contribution in [3.05, 3.63) is 36.3 Å². The predicted octanol–water partition coefficient (Wildman–Crippen LogP) is 1.28. The first-order valence-corrected chi connectivity index (χ1v) is 5.90. The van der Waals surface area contributed by atoms with Gasteiger partial charge in [-0.05, 0) is 18.6 Å². The molecule has 6 nitrogen and oxygen atoms in total. The van der Waals surface area contributed by atoms with Gasteiger partial charge < -0.3 is 14.3 Å². The SMILES string of the molecule is Cc1nnc(CNC(=O)CCCn2cccc2)o1. The van der Waals surface area contributed by atoms with Crippen molar-refractivity contribution in [1.82, 2.24) is 20.1 Å². The van der Waals surface area contributed by atoms with E-state index in [9.17, 15) is 4.79 Å². The van der Waals surface area contributed by atoms with Crippen LogP contribution in [0.15, 0.2) is 28.9 Å². The summed E-state index contributed by atoms with van der Waals surface area (Å²) in [5.74, 6) is 0.941. The number of aryl methyl sites for hydroxylation is 2. The van der Waals surface area contributed by atoms with Crippen molar-refractivity contribution in [3.8, 4) is 0 Å². The van der Waals surface area contributed by atoms with Crippen LogP contribution in [-0.4, -0.2) is 20.7 Å². The molecule has 1 amide bonds. The molecule has 0 fully saturated rings. The highest BCUT2D eigenvalue weighted by Gasteiger charge is 2.05. The number of nitrogens with one attached hydrogen (secondary N) is 1. The molecule has 0 saturated carbocycles. The first kappa shape index (κ1) is 12.3. The first-order valence-electron chi connectivity index (χ1n) is 5.90. The lowest BCUT2D eigenvalue weighted by molar-refractivity contribution is -0.121. The summed E-state index contributed by atoms with van der Waals surface area (Å²) in [4.78, 5) is 11.5. The molecule has 1 N–H and O–H groups in total. The van der Waals surface area contributed by atoms with Crippen molar-refractivity contribution in [2.45, 2.75) is 32.9 Å². The van der Waals surface area contributed by atoms with E-state index in [0.29, 0.717) is 24.7 Å². The van der Waals surface area contributed by atoms with Gasteiger partial charge in [0.05, 0.1) is 6.54 Å². The summed E-state index contributed by atoms with van der Waals surface area (Å²) >= 11 is 0. The van der Waals surface area contributed by atoms with Crippen LogP contribution >= 0.6 is 0 Å². The van der Waals surface area contributed by atoms with Gasteiger partial charge >= 0.3 is 0 Å². The molecule has 2 aromatic heterocycles. The van der Waals surface area contributed by atoms with E-state index in [1.54, 1.807) is 6.92 Å². The van der Waals surface area contributed by atoms with Crippen LogP contribution in [0.25, 0.3) is 0 Å². The monoisotopic (exact) mass is 248 g/mol. The summed E-state index contributed by atoms with van der Waals surface area (Å²) in [6.07, 6.45) is 5.27. The highest BCUT2D eigenvalue weighted by Crippen LogP contribution is 1.99. The molecule has 0 aromatic carbocycles. The average molecular weight is 248 g/mol. The number of nitrogens with zero attached hydrogens (tertiary/aromatic N) is 3. The molecule has 0 saturated heterocycles. The van der Waals surface area contributed by atoms with Crippen LogP contribution < -0.4 is 5.32 Å². The van der Waals surface area contributed by atoms with Crippen LogP contribution in [0.2, 0.25) is 0 Å². The molecule has 6 heteroatoms. The van der Waals surface area contributed by atoms with Crippen LogP contribution in [-0.2, 0) is 17.9 Å². The maximum Gasteiger partial charge on any atom is 0.235 e. The lowest BCUT2D eigenvalue weighted by Gasteiger charge is -2.03. The second-order valence-electron chi connectivity index (χ2n) is 4.02. The van der Waals surface area contributed by atoms with Gasteiger partial charge in [-0.25, -0.2) is 0 Å². The number of hydrogen-bond donors (Lipinski definition) is 1. The lowest BCUT2D eigenvalue weighted by atomic mass is 10.3. The van der Waals surface area contributed by atoms with E-state index in [-0.39, 0.29) is 5.91 Å². The molecule has 0 atom stereocenters. The average Bonchev–Trinajstić information content (AvgIpc) is 2.98. The molecule has 0 aliphatic rings. The Morgan fingerprint density at radius 1 is 1.39 bits per heavy atom. The molecule has 2 aromatic rings. The van der Waals surface area contributed by atoms with E-state index in [0.717, 1.165) is 13.0 Å². The van der Waals surface area contributed by atoms with Gasteiger partial charge in [0.25, 0.3) is 0 Å². The number of rotatable bonds is 6. The highest BCUT2D eigenvalue weighted by atomic mass is 16.4. The third-order valence-corrected chi connectivity index (χ3v) is 2.49. The summed E-state index contributed by atoms with van der Waals surface area (Å²) < 4.78 is 7.21. The van der Waals surface area contributed by atoms with E-state index in [1.807, 2.05) is 24.5 Å². The maximum absolute atomic E-state index is 11.5. The van der Waals surface area contributed by atoms with Crippen molar-refractivity contribution >= 4 is 5.91 Å². The van der Waals surface area contributed by atoms with Crippen LogP contribution in [0.1, 0.15) is 24.6 Å². The fourth-order valence-corrected chi connectivity index (χ4v) is 1.61. The number of carbonyl (C=O) groups is 1. The van der Waals surface area contributed by atoms with Crippen LogP contribution in [0, 0.1) is 6.92 Å². The molecule has 0 spiro atoms.